The molecule has 2 heterocycles. The van der Waals surface area contributed by atoms with Gasteiger partial charge in [0.1, 0.15) is 6.04 Å². The Hall–Kier alpha value is -2.20. The van der Waals surface area contributed by atoms with Crippen LogP contribution in [0.2, 0.25) is 0 Å². The molecule has 3 nitrogen and oxygen atoms in total. The van der Waals surface area contributed by atoms with Crippen molar-refractivity contribution in [3.05, 3.63) is 54.6 Å². The molecule has 2 unspecified atom stereocenters. The first-order valence-electron chi connectivity index (χ1n) is 7.57. The van der Waals surface area contributed by atoms with Gasteiger partial charge in [-0.05, 0) is 41.5 Å². The van der Waals surface area contributed by atoms with Crippen LogP contribution < -0.4 is 4.90 Å². The molecule has 5 rings (SSSR count). The molecule has 1 aliphatic carbocycles. The lowest BCUT2D eigenvalue weighted by atomic mass is 10.0. The Bertz CT molecular complexity index is 829. The molecule has 2 fully saturated rings. The van der Waals surface area contributed by atoms with Crippen molar-refractivity contribution in [3.8, 4) is 0 Å². The number of rotatable bonds is 1. The number of benzene rings is 2. The van der Waals surface area contributed by atoms with Gasteiger partial charge < -0.3 is 4.90 Å². The molecule has 2 bridgehead atoms. The van der Waals surface area contributed by atoms with Crippen molar-refractivity contribution < 1.29 is 4.79 Å². The van der Waals surface area contributed by atoms with Crippen LogP contribution in [-0.2, 0) is 4.79 Å². The van der Waals surface area contributed by atoms with Crippen LogP contribution in [0.1, 0.15) is 6.42 Å². The number of nitrogens with zero attached hydrogens (tertiary/aromatic N) is 2. The summed E-state index contributed by atoms with van der Waals surface area (Å²) in [6.07, 6.45) is 5.39. The van der Waals surface area contributed by atoms with Gasteiger partial charge in [0.15, 0.2) is 5.11 Å². The zero-order chi connectivity index (χ0) is 14.8. The molecule has 0 spiro atoms. The molecular formula is C18H14N2OS. The minimum absolute atomic E-state index is 0.0889. The second kappa shape index (κ2) is 4.17. The topological polar surface area (TPSA) is 23.6 Å². The highest BCUT2D eigenvalue weighted by Gasteiger charge is 2.55. The third kappa shape index (κ3) is 1.45. The molecule has 2 saturated heterocycles. The van der Waals surface area contributed by atoms with Gasteiger partial charge in [-0.3, -0.25) is 9.69 Å². The summed E-state index contributed by atoms with van der Waals surface area (Å²) in [5.74, 6) is 0.443. The maximum absolute atomic E-state index is 12.9. The summed E-state index contributed by atoms with van der Waals surface area (Å²) < 4.78 is 0. The summed E-state index contributed by atoms with van der Waals surface area (Å²) in [6.45, 7) is 0. The van der Waals surface area contributed by atoms with Gasteiger partial charge in [-0.25, -0.2) is 0 Å². The van der Waals surface area contributed by atoms with E-state index in [1.807, 2.05) is 18.2 Å². The Kier molecular flexibility index (Phi) is 2.34. The van der Waals surface area contributed by atoms with Crippen LogP contribution in [0.3, 0.4) is 0 Å². The van der Waals surface area contributed by atoms with Gasteiger partial charge in [0.2, 0.25) is 0 Å². The summed E-state index contributed by atoms with van der Waals surface area (Å²) in [6, 6.07) is 14.5. The van der Waals surface area contributed by atoms with E-state index in [0.29, 0.717) is 17.1 Å². The second-order valence-electron chi connectivity index (χ2n) is 6.19. The predicted molar refractivity (Wildman–Crippen MR) is 90.7 cm³/mol. The molecule has 2 aliphatic heterocycles. The highest BCUT2D eigenvalue weighted by atomic mass is 32.1. The van der Waals surface area contributed by atoms with Crippen molar-refractivity contribution in [1.29, 1.82) is 0 Å². The van der Waals surface area contributed by atoms with Crippen LogP contribution >= 0.6 is 12.2 Å². The number of anilines is 1. The van der Waals surface area contributed by atoms with E-state index in [-0.39, 0.29) is 11.9 Å². The van der Waals surface area contributed by atoms with Crippen molar-refractivity contribution in [2.75, 3.05) is 4.90 Å². The molecule has 0 saturated carbocycles. The maximum atomic E-state index is 12.9. The van der Waals surface area contributed by atoms with Crippen molar-refractivity contribution in [1.82, 2.24) is 4.90 Å². The van der Waals surface area contributed by atoms with Crippen LogP contribution in [0.5, 0.6) is 0 Å². The van der Waals surface area contributed by atoms with Gasteiger partial charge >= 0.3 is 0 Å². The molecule has 3 atom stereocenters. The molecule has 0 aromatic heterocycles. The largest absolute Gasteiger partial charge is 0.329 e. The Labute approximate surface area is 133 Å². The summed E-state index contributed by atoms with van der Waals surface area (Å²) >= 11 is 5.62. The zero-order valence-electron chi connectivity index (χ0n) is 11.8. The molecule has 3 aliphatic rings. The van der Waals surface area contributed by atoms with Gasteiger partial charge in [-0.2, -0.15) is 0 Å². The first-order chi connectivity index (χ1) is 10.7. The average Bonchev–Trinajstić information content (AvgIpc) is 3.21. The standard InChI is InChI=1S/C18H14N2OS/c21-17-16-13-6-8-14(10-13)19(16)18(22)20(17)15-7-5-11-3-1-2-4-12(11)9-15/h1-9,13-14,16H,10H2/t13?,14?,16-/m1/s1. The van der Waals surface area contributed by atoms with E-state index in [1.54, 1.807) is 4.90 Å². The first kappa shape index (κ1) is 12.4. The summed E-state index contributed by atoms with van der Waals surface area (Å²) in [5, 5.41) is 2.96. The van der Waals surface area contributed by atoms with Gasteiger partial charge in [0.25, 0.3) is 5.91 Å². The molecule has 1 amide bonds. The van der Waals surface area contributed by atoms with E-state index in [0.717, 1.165) is 17.5 Å². The van der Waals surface area contributed by atoms with E-state index in [2.05, 4.69) is 41.3 Å². The molecule has 2 aromatic carbocycles. The lowest BCUT2D eigenvalue weighted by molar-refractivity contribution is -0.119. The fourth-order valence-corrected chi connectivity index (χ4v) is 4.46. The number of carbonyl (C=O) groups is 1. The SMILES string of the molecule is O=C1[C@H]2C3C=CC(C3)N2C(=S)N1c1ccc2ccccc2c1. The minimum atomic E-state index is -0.0889. The molecule has 2 aromatic rings. The summed E-state index contributed by atoms with van der Waals surface area (Å²) in [5.41, 5.74) is 0.877. The Morgan fingerprint density at radius 3 is 2.68 bits per heavy atom. The van der Waals surface area contributed by atoms with E-state index in [1.165, 1.54) is 5.39 Å². The monoisotopic (exact) mass is 306 g/mol. The Morgan fingerprint density at radius 1 is 1.05 bits per heavy atom. The third-order valence-corrected chi connectivity index (χ3v) is 5.43. The Balaban J connectivity index is 1.60. The number of thiocarbonyl (C=S) groups is 1. The molecule has 0 N–H and O–H groups in total. The number of amides is 1. The average molecular weight is 306 g/mol. The van der Waals surface area contributed by atoms with E-state index in [4.69, 9.17) is 12.2 Å². The van der Waals surface area contributed by atoms with Gasteiger partial charge in [0, 0.05) is 5.92 Å². The highest BCUT2D eigenvalue weighted by molar-refractivity contribution is 7.80. The van der Waals surface area contributed by atoms with Crippen molar-refractivity contribution in [3.63, 3.8) is 0 Å². The van der Waals surface area contributed by atoms with Gasteiger partial charge in [0.05, 0.1) is 11.7 Å². The zero-order valence-corrected chi connectivity index (χ0v) is 12.7. The predicted octanol–water partition coefficient (Wildman–Crippen LogP) is 3.10. The number of fused-ring (bicyclic) bond motifs is 6. The molecule has 108 valence electrons. The quantitative estimate of drug-likeness (QED) is 0.597. The number of carbonyl (C=O) groups excluding carboxylic acids is 1. The highest BCUT2D eigenvalue weighted by Crippen LogP contribution is 2.43. The van der Waals surface area contributed by atoms with Crippen LogP contribution in [-0.4, -0.2) is 28.0 Å². The minimum Gasteiger partial charge on any atom is -0.329 e. The van der Waals surface area contributed by atoms with E-state index < -0.39 is 0 Å². The van der Waals surface area contributed by atoms with Crippen molar-refractivity contribution in [2.45, 2.75) is 18.5 Å². The van der Waals surface area contributed by atoms with Crippen LogP contribution in [0.4, 0.5) is 5.69 Å². The fourth-order valence-electron chi connectivity index (χ4n) is 4.02. The molecule has 0 radical (unpaired) electrons. The molecule has 4 heteroatoms. The van der Waals surface area contributed by atoms with Crippen molar-refractivity contribution >= 4 is 39.7 Å². The van der Waals surface area contributed by atoms with Crippen LogP contribution in [0.15, 0.2) is 54.6 Å². The van der Waals surface area contributed by atoms with E-state index in [9.17, 15) is 4.79 Å². The normalized spacial score (nSPS) is 29.0. The van der Waals surface area contributed by atoms with Gasteiger partial charge in [-0.15, -0.1) is 0 Å². The number of hydrogen-bond acceptors (Lipinski definition) is 2. The number of hydrogen-bond donors (Lipinski definition) is 0. The Morgan fingerprint density at radius 2 is 1.86 bits per heavy atom. The fraction of sp³-hybridized carbons (Fsp3) is 0.222. The summed E-state index contributed by atoms with van der Waals surface area (Å²) in [4.78, 5) is 16.7. The maximum Gasteiger partial charge on any atom is 0.256 e. The molecular weight excluding hydrogens is 292 g/mol. The summed E-state index contributed by atoms with van der Waals surface area (Å²) in [7, 11) is 0. The third-order valence-electron chi connectivity index (χ3n) is 5.03. The molecule has 22 heavy (non-hydrogen) atoms. The first-order valence-corrected chi connectivity index (χ1v) is 7.98. The van der Waals surface area contributed by atoms with E-state index >= 15 is 0 Å². The lowest BCUT2D eigenvalue weighted by Gasteiger charge is -2.25. The lowest BCUT2D eigenvalue weighted by Crippen LogP contribution is -2.38. The van der Waals surface area contributed by atoms with Crippen LogP contribution in [0, 0.1) is 5.92 Å². The second-order valence-corrected chi connectivity index (χ2v) is 6.56. The smallest absolute Gasteiger partial charge is 0.256 e. The van der Waals surface area contributed by atoms with Gasteiger partial charge in [-0.1, -0.05) is 42.5 Å². The van der Waals surface area contributed by atoms with Crippen LogP contribution in [0.25, 0.3) is 10.8 Å². The van der Waals surface area contributed by atoms with Crippen molar-refractivity contribution in [2.24, 2.45) is 5.92 Å².